The van der Waals surface area contributed by atoms with Crippen LogP contribution >= 0.6 is 11.6 Å². The number of aromatic nitrogens is 1. The molecule has 7 nitrogen and oxygen atoms in total. The standard InChI is InChI=1S/C25H22ClN3O4S/c26-19-9-13-21(14-10-19)34(31,32)29-15-3-4-18(16-29)24(30)27-20-11-7-17(8-12-20)25-28-22-5-1-2-6-23(22)33-25/h1-2,5-14,18H,3-4,15-16H2,(H,27,30). The number of nitrogens with one attached hydrogen (secondary N) is 1. The van der Waals surface area contributed by atoms with Gasteiger partial charge in [-0.15, -0.1) is 0 Å². The number of hydrogen-bond acceptors (Lipinski definition) is 5. The van der Waals surface area contributed by atoms with E-state index in [1.165, 1.54) is 16.4 Å². The van der Waals surface area contributed by atoms with Gasteiger partial charge in [0, 0.05) is 29.4 Å². The van der Waals surface area contributed by atoms with Gasteiger partial charge in [-0.3, -0.25) is 4.79 Å². The van der Waals surface area contributed by atoms with Crippen LogP contribution in [0.5, 0.6) is 0 Å². The van der Waals surface area contributed by atoms with Crippen LogP contribution in [0.15, 0.2) is 82.1 Å². The zero-order valence-electron chi connectivity index (χ0n) is 18.1. The second kappa shape index (κ2) is 9.21. The van der Waals surface area contributed by atoms with Crippen LogP contribution in [0, 0.1) is 5.92 Å². The van der Waals surface area contributed by atoms with Gasteiger partial charge in [0.2, 0.25) is 21.8 Å². The SMILES string of the molecule is O=C(Nc1ccc(-c2nc3ccccc3o2)cc1)C1CCCN(S(=O)(=O)c2ccc(Cl)cc2)C1. The molecule has 0 aliphatic carbocycles. The zero-order valence-corrected chi connectivity index (χ0v) is 19.7. The normalized spacial score (nSPS) is 17.0. The lowest BCUT2D eigenvalue weighted by atomic mass is 9.98. The highest BCUT2D eigenvalue weighted by Gasteiger charge is 2.33. The highest BCUT2D eigenvalue weighted by atomic mass is 35.5. The molecule has 1 saturated heterocycles. The van der Waals surface area contributed by atoms with Crippen LogP contribution < -0.4 is 5.32 Å². The number of nitrogens with zero attached hydrogens (tertiary/aromatic N) is 2. The number of amides is 1. The Kier molecular flexibility index (Phi) is 6.12. The van der Waals surface area contributed by atoms with E-state index < -0.39 is 15.9 Å². The van der Waals surface area contributed by atoms with Crippen LogP contribution in [0.25, 0.3) is 22.6 Å². The Morgan fingerprint density at radius 2 is 1.76 bits per heavy atom. The first-order valence-electron chi connectivity index (χ1n) is 10.9. The topological polar surface area (TPSA) is 92.5 Å². The van der Waals surface area contributed by atoms with Gasteiger partial charge in [0.1, 0.15) is 5.52 Å². The maximum absolute atomic E-state index is 13.0. The van der Waals surface area contributed by atoms with Gasteiger partial charge in [-0.2, -0.15) is 4.31 Å². The lowest BCUT2D eigenvalue weighted by Crippen LogP contribution is -2.43. The van der Waals surface area contributed by atoms with Crippen molar-refractivity contribution < 1.29 is 17.6 Å². The van der Waals surface area contributed by atoms with Crippen molar-refractivity contribution >= 4 is 44.3 Å². The van der Waals surface area contributed by atoms with Crippen molar-refractivity contribution in [3.8, 4) is 11.5 Å². The smallest absolute Gasteiger partial charge is 0.243 e. The minimum absolute atomic E-state index is 0.137. The molecule has 0 spiro atoms. The Bertz CT molecular complexity index is 1400. The van der Waals surface area contributed by atoms with Gasteiger partial charge in [-0.25, -0.2) is 13.4 Å². The third kappa shape index (κ3) is 4.57. The Labute approximate surface area is 202 Å². The van der Waals surface area contributed by atoms with Gasteiger partial charge in [-0.1, -0.05) is 23.7 Å². The molecule has 0 saturated carbocycles. The quantitative estimate of drug-likeness (QED) is 0.411. The van der Waals surface area contributed by atoms with E-state index in [9.17, 15) is 13.2 Å². The third-order valence-corrected chi connectivity index (χ3v) is 8.03. The summed E-state index contributed by atoms with van der Waals surface area (Å²) in [6.45, 7) is 0.520. The van der Waals surface area contributed by atoms with Crippen LogP contribution in [0.3, 0.4) is 0 Å². The molecule has 34 heavy (non-hydrogen) atoms. The molecule has 1 amide bonds. The molecule has 2 heterocycles. The molecule has 3 aromatic carbocycles. The number of oxazole rings is 1. The van der Waals surface area contributed by atoms with Crippen molar-refractivity contribution in [3.63, 3.8) is 0 Å². The highest BCUT2D eigenvalue weighted by molar-refractivity contribution is 7.89. The van der Waals surface area contributed by atoms with Crippen molar-refractivity contribution in [1.82, 2.24) is 9.29 Å². The van der Waals surface area contributed by atoms with Crippen LogP contribution in [-0.4, -0.2) is 36.7 Å². The van der Waals surface area contributed by atoms with Crippen LogP contribution in [-0.2, 0) is 14.8 Å². The van der Waals surface area contributed by atoms with E-state index in [1.807, 2.05) is 36.4 Å². The highest BCUT2D eigenvalue weighted by Crippen LogP contribution is 2.27. The number of hydrogen-bond donors (Lipinski definition) is 1. The molecule has 1 unspecified atom stereocenters. The summed E-state index contributed by atoms with van der Waals surface area (Å²) in [6, 6.07) is 20.8. The van der Waals surface area contributed by atoms with Gasteiger partial charge >= 0.3 is 0 Å². The predicted molar refractivity (Wildman–Crippen MR) is 131 cm³/mol. The van der Waals surface area contributed by atoms with Crippen molar-refractivity contribution in [3.05, 3.63) is 77.8 Å². The van der Waals surface area contributed by atoms with E-state index in [-0.39, 0.29) is 17.3 Å². The average Bonchev–Trinajstić information content (AvgIpc) is 3.29. The van der Waals surface area contributed by atoms with Crippen LogP contribution in [0.2, 0.25) is 5.02 Å². The minimum atomic E-state index is -3.69. The van der Waals surface area contributed by atoms with E-state index in [0.29, 0.717) is 41.6 Å². The number of halogens is 1. The number of rotatable bonds is 5. The van der Waals surface area contributed by atoms with Crippen molar-refractivity contribution in [1.29, 1.82) is 0 Å². The Balaban J connectivity index is 1.26. The molecular formula is C25H22ClN3O4S. The second-order valence-corrected chi connectivity index (χ2v) is 10.6. The summed E-state index contributed by atoms with van der Waals surface area (Å²) in [5.41, 5.74) is 2.92. The van der Waals surface area contributed by atoms with Crippen LogP contribution in [0.4, 0.5) is 5.69 Å². The van der Waals surface area contributed by atoms with Crippen molar-refractivity contribution in [2.24, 2.45) is 5.92 Å². The molecule has 9 heteroatoms. The summed E-state index contributed by atoms with van der Waals surface area (Å²) in [4.78, 5) is 17.6. The van der Waals surface area contributed by atoms with Gasteiger partial charge in [0.05, 0.1) is 10.8 Å². The van der Waals surface area contributed by atoms with Gasteiger partial charge in [0.25, 0.3) is 0 Å². The zero-order chi connectivity index (χ0) is 23.7. The predicted octanol–water partition coefficient (Wildman–Crippen LogP) is 5.19. The fourth-order valence-electron chi connectivity index (χ4n) is 4.07. The molecule has 1 atom stereocenters. The summed E-state index contributed by atoms with van der Waals surface area (Å²) in [5.74, 6) is -0.132. The lowest BCUT2D eigenvalue weighted by molar-refractivity contribution is -0.120. The summed E-state index contributed by atoms with van der Waals surface area (Å²) >= 11 is 5.88. The third-order valence-electron chi connectivity index (χ3n) is 5.90. The first kappa shape index (κ1) is 22.6. The number of benzene rings is 3. The van der Waals surface area contributed by atoms with E-state index in [2.05, 4.69) is 10.3 Å². The molecule has 1 aliphatic rings. The van der Waals surface area contributed by atoms with Gasteiger partial charge in [0.15, 0.2) is 5.58 Å². The number of carbonyl (C=O) groups excluding carboxylic acids is 1. The monoisotopic (exact) mass is 495 g/mol. The maximum Gasteiger partial charge on any atom is 0.243 e. The minimum Gasteiger partial charge on any atom is -0.436 e. The number of carbonyl (C=O) groups is 1. The first-order chi connectivity index (χ1) is 16.4. The second-order valence-electron chi connectivity index (χ2n) is 8.21. The van der Waals surface area contributed by atoms with Gasteiger partial charge < -0.3 is 9.73 Å². The number of para-hydroxylation sites is 2. The molecule has 1 aromatic heterocycles. The lowest BCUT2D eigenvalue weighted by Gasteiger charge is -2.31. The summed E-state index contributed by atoms with van der Waals surface area (Å²) in [5, 5.41) is 3.38. The molecular weight excluding hydrogens is 474 g/mol. The van der Waals surface area contributed by atoms with Crippen molar-refractivity contribution in [2.75, 3.05) is 18.4 Å². The molecule has 1 N–H and O–H groups in total. The molecule has 4 aromatic rings. The Morgan fingerprint density at radius 1 is 1.03 bits per heavy atom. The maximum atomic E-state index is 13.0. The molecule has 1 aliphatic heterocycles. The van der Waals surface area contributed by atoms with E-state index in [4.69, 9.17) is 16.0 Å². The fraction of sp³-hybridized carbons (Fsp3) is 0.200. The summed E-state index contributed by atoms with van der Waals surface area (Å²) < 4.78 is 33.2. The number of anilines is 1. The van der Waals surface area contributed by atoms with Crippen LogP contribution in [0.1, 0.15) is 12.8 Å². The first-order valence-corrected chi connectivity index (χ1v) is 12.7. The summed E-state index contributed by atoms with van der Waals surface area (Å²) in [7, 11) is -3.69. The Morgan fingerprint density at radius 3 is 2.50 bits per heavy atom. The van der Waals surface area contributed by atoms with Gasteiger partial charge in [-0.05, 0) is 73.5 Å². The fourth-order valence-corrected chi connectivity index (χ4v) is 5.72. The summed E-state index contributed by atoms with van der Waals surface area (Å²) in [6.07, 6.45) is 1.24. The molecule has 5 rings (SSSR count). The number of fused-ring (bicyclic) bond motifs is 1. The average molecular weight is 496 g/mol. The molecule has 174 valence electrons. The Hall–Kier alpha value is -3.20. The van der Waals surface area contributed by atoms with E-state index in [1.54, 1.807) is 24.3 Å². The molecule has 0 bridgehead atoms. The number of piperidine rings is 1. The van der Waals surface area contributed by atoms with E-state index in [0.717, 1.165) is 11.1 Å². The molecule has 1 fully saturated rings. The largest absolute Gasteiger partial charge is 0.436 e. The number of sulfonamides is 1. The van der Waals surface area contributed by atoms with E-state index >= 15 is 0 Å². The van der Waals surface area contributed by atoms with Crippen molar-refractivity contribution in [2.45, 2.75) is 17.7 Å². The molecule has 0 radical (unpaired) electrons.